The van der Waals surface area contributed by atoms with Crippen LogP contribution < -0.4 is 5.73 Å². The predicted octanol–water partition coefficient (Wildman–Crippen LogP) is 2.50. The zero-order valence-corrected chi connectivity index (χ0v) is 7.63. The summed E-state index contributed by atoms with van der Waals surface area (Å²) < 4.78 is 37.0. The summed E-state index contributed by atoms with van der Waals surface area (Å²) in [6.45, 7) is 1.33. The number of aryl methyl sites for hydroxylation is 1. The minimum absolute atomic E-state index is 0.102. The van der Waals surface area contributed by atoms with Crippen molar-refractivity contribution in [2.75, 3.05) is 5.73 Å². The van der Waals surface area contributed by atoms with Crippen LogP contribution in [0.2, 0.25) is 0 Å². The Bertz CT molecular complexity index is 415. The van der Waals surface area contributed by atoms with Crippen molar-refractivity contribution in [3.63, 3.8) is 0 Å². The maximum Gasteiger partial charge on any atom is 0.418 e. The predicted molar refractivity (Wildman–Crippen MR) is 47.2 cm³/mol. The first kappa shape index (κ1) is 11.3. The Labute approximate surface area is 82.7 Å². The second-order valence-corrected chi connectivity index (χ2v) is 2.98. The highest BCUT2D eigenvalue weighted by atomic mass is 19.4. The average molecular weight is 220 g/mol. The van der Waals surface area contributed by atoms with Crippen LogP contribution in [0, 0.1) is 17.0 Å². The van der Waals surface area contributed by atoms with Crippen LogP contribution in [0.1, 0.15) is 11.1 Å². The van der Waals surface area contributed by atoms with Crippen molar-refractivity contribution in [1.82, 2.24) is 0 Å². The monoisotopic (exact) mass is 220 g/mol. The van der Waals surface area contributed by atoms with Gasteiger partial charge < -0.3 is 5.73 Å². The number of alkyl halides is 3. The van der Waals surface area contributed by atoms with Gasteiger partial charge in [-0.3, -0.25) is 10.1 Å². The van der Waals surface area contributed by atoms with Crippen molar-refractivity contribution in [3.05, 3.63) is 33.4 Å². The van der Waals surface area contributed by atoms with Gasteiger partial charge in [0.2, 0.25) is 0 Å². The van der Waals surface area contributed by atoms with Gasteiger partial charge in [-0.1, -0.05) is 0 Å². The lowest BCUT2D eigenvalue weighted by atomic mass is 10.1. The van der Waals surface area contributed by atoms with E-state index in [1.165, 1.54) is 6.92 Å². The summed E-state index contributed by atoms with van der Waals surface area (Å²) in [6.07, 6.45) is -4.68. The molecule has 0 heterocycles. The standard InChI is InChI=1S/C8H7F3N2O2/c1-4-2-6(12)5(8(9,10)11)3-7(4)13(14)15/h2-3H,12H2,1H3. The molecule has 82 valence electrons. The van der Waals surface area contributed by atoms with E-state index in [1.807, 2.05) is 0 Å². The van der Waals surface area contributed by atoms with Crippen molar-refractivity contribution >= 4 is 11.4 Å². The summed E-state index contributed by atoms with van der Waals surface area (Å²) in [5.74, 6) is 0. The van der Waals surface area contributed by atoms with Gasteiger partial charge in [-0.2, -0.15) is 13.2 Å². The zero-order valence-electron chi connectivity index (χ0n) is 7.63. The fraction of sp³-hybridized carbons (Fsp3) is 0.250. The Morgan fingerprint density at radius 3 is 2.33 bits per heavy atom. The first-order valence-corrected chi connectivity index (χ1v) is 3.85. The third kappa shape index (κ3) is 2.17. The van der Waals surface area contributed by atoms with Crippen LogP contribution in [0.4, 0.5) is 24.5 Å². The second kappa shape index (κ2) is 3.41. The third-order valence-electron chi connectivity index (χ3n) is 1.87. The third-order valence-corrected chi connectivity index (χ3v) is 1.87. The number of nitro groups is 1. The van der Waals surface area contributed by atoms with Crippen molar-refractivity contribution in [2.24, 2.45) is 0 Å². The molecule has 0 saturated heterocycles. The number of halogens is 3. The Kier molecular flexibility index (Phi) is 2.57. The molecule has 0 radical (unpaired) electrons. The van der Waals surface area contributed by atoms with Gasteiger partial charge in [0.25, 0.3) is 5.69 Å². The molecule has 7 heteroatoms. The number of benzene rings is 1. The van der Waals surface area contributed by atoms with Crippen LogP contribution in [0.3, 0.4) is 0 Å². The number of nitrogens with two attached hydrogens (primary N) is 1. The summed E-state index contributed by atoms with van der Waals surface area (Å²) in [5, 5.41) is 10.4. The largest absolute Gasteiger partial charge is 0.418 e. The number of nitrogen functional groups attached to an aromatic ring is 1. The van der Waals surface area contributed by atoms with E-state index in [0.29, 0.717) is 6.07 Å². The van der Waals surface area contributed by atoms with Crippen molar-refractivity contribution in [1.29, 1.82) is 0 Å². The lowest BCUT2D eigenvalue weighted by Crippen LogP contribution is -2.10. The van der Waals surface area contributed by atoms with Crippen LogP contribution in [-0.4, -0.2) is 4.92 Å². The molecule has 1 aromatic carbocycles. The van der Waals surface area contributed by atoms with Gasteiger partial charge in [0, 0.05) is 17.3 Å². The van der Waals surface area contributed by atoms with Gasteiger partial charge in [0.05, 0.1) is 10.5 Å². The van der Waals surface area contributed by atoms with Gasteiger partial charge in [-0.25, -0.2) is 0 Å². The number of nitro benzene ring substituents is 1. The zero-order chi connectivity index (χ0) is 11.8. The lowest BCUT2D eigenvalue weighted by molar-refractivity contribution is -0.385. The van der Waals surface area contributed by atoms with E-state index in [4.69, 9.17) is 5.73 Å². The molecular weight excluding hydrogens is 213 g/mol. The molecule has 4 nitrogen and oxygen atoms in total. The number of rotatable bonds is 1. The minimum atomic E-state index is -4.68. The Balaban J connectivity index is 3.43. The highest BCUT2D eigenvalue weighted by molar-refractivity contribution is 5.58. The molecule has 0 atom stereocenters. The van der Waals surface area contributed by atoms with E-state index >= 15 is 0 Å². The van der Waals surface area contributed by atoms with Crippen molar-refractivity contribution in [2.45, 2.75) is 13.1 Å². The molecule has 0 amide bonds. The van der Waals surface area contributed by atoms with Crippen LogP contribution in [-0.2, 0) is 6.18 Å². The Hall–Kier alpha value is -1.79. The average Bonchev–Trinajstić information content (AvgIpc) is 2.00. The molecule has 0 aliphatic carbocycles. The minimum Gasteiger partial charge on any atom is -0.398 e. The van der Waals surface area contributed by atoms with Crippen LogP contribution in [0.5, 0.6) is 0 Å². The summed E-state index contributed by atoms with van der Waals surface area (Å²) in [7, 11) is 0. The molecule has 1 aromatic rings. The SMILES string of the molecule is Cc1cc(N)c(C(F)(F)F)cc1[N+](=O)[O-]. The first-order chi connectivity index (χ1) is 6.73. The van der Waals surface area contributed by atoms with E-state index in [2.05, 4.69) is 0 Å². The number of hydrogen-bond acceptors (Lipinski definition) is 3. The molecule has 0 bridgehead atoms. The molecule has 0 aliphatic heterocycles. The summed E-state index contributed by atoms with van der Waals surface area (Å²) in [4.78, 5) is 9.54. The molecule has 0 unspecified atom stereocenters. The highest BCUT2D eigenvalue weighted by Gasteiger charge is 2.35. The molecule has 0 aromatic heterocycles. The van der Waals surface area contributed by atoms with Gasteiger partial charge >= 0.3 is 6.18 Å². The first-order valence-electron chi connectivity index (χ1n) is 3.85. The van der Waals surface area contributed by atoms with Gasteiger partial charge in [-0.05, 0) is 13.0 Å². The van der Waals surface area contributed by atoms with Crippen LogP contribution in [0.25, 0.3) is 0 Å². The van der Waals surface area contributed by atoms with E-state index in [1.54, 1.807) is 0 Å². The van der Waals surface area contributed by atoms with Crippen molar-refractivity contribution < 1.29 is 18.1 Å². The maximum atomic E-state index is 12.3. The Morgan fingerprint density at radius 1 is 1.40 bits per heavy atom. The molecule has 1 rings (SSSR count). The van der Waals surface area contributed by atoms with E-state index in [9.17, 15) is 23.3 Å². The number of hydrogen-bond donors (Lipinski definition) is 1. The second-order valence-electron chi connectivity index (χ2n) is 2.98. The molecule has 0 spiro atoms. The number of anilines is 1. The normalized spacial score (nSPS) is 11.5. The van der Waals surface area contributed by atoms with Crippen molar-refractivity contribution in [3.8, 4) is 0 Å². The van der Waals surface area contributed by atoms with E-state index < -0.39 is 28.0 Å². The quantitative estimate of drug-likeness (QED) is 0.449. The summed E-state index contributed by atoms with van der Waals surface area (Å²) >= 11 is 0. The Morgan fingerprint density at radius 2 is 1.93 bits per heavy atom. The van der Waals surface area contributed by atoms with E-state index in [-0.39, 0.29) is 5.56 Å². The summed E-state index contributed by atoms with van der Waals surface area (Å²) in [6, 6.07) is 1.39. The van der Waals surface area contributed by atoms with E-state index in [0.717, 1.165) is 6.07 Å². The van der Waals surface area contributed by atoms with Gasteiger partial charge in [-0.15, -0.1) is 0 Å². The fourth-order valence-electron chi connectivity index (χ4n) is 1.16. The highest BCUT2D eigenvalue weighted by Crippen LogP contribution is 2.37. The molecular formula is C8H7F3N2O2. The van der Waals surface area contributed by atoms with Gasteiger partial charge in [0.1, 0.15) is 0 Å². The molecule has 0 saturated carbocycles. The van der Waals surface area contributed by atoms with Crippen LogP contribution >= 0.6 is 0 Å². The van der Waals surface area contributed by atoms with Gasteiger partial charge in [0.15, 0.2) is 0 Å². The molecule has 2 N–H and O–H groups in total. The lowest BCUT2D eigenvalue weighted by Gasteiger charge is -2.10. The van der Waals surface area contributed by atoms with Crippen LogP contribution in [0.15, 0.2) is 12.1 Å². The summed E-state index contributed by atoms with van der Waals surface area (Å²) in [5.41, 5.74) is 2.96. The maximum absolute atomic E-state index is 12.3. The molecule has 15 heavy (non-hydrogen) atoms. The smallest absolute Gasteiger partial charge is 0.398 e. The topological polar surface area (TPSA) is 69.2 Å². The number of nitrogens with zero attached hydrogens (tertiary/aromatic N) is 1. The molecule has 0 aliphatic rings. The molecule has 0 fully saturated rings. The fourth-order valence-corrected chi connectivity index (χ4v) is 1.16.